The van der Waals surface area contributed by atoms with E-state index in [0.717, 1.165) is 25.9 Å². The first-order chi connectivity index (χ1) is 9.25. The molecule has 1 aliphatic rings. The summed E-state index contributed by atoms with van der Waals surface area (Å²) in [5, 5.41) is 18.8. The molecule has 0 unspecified atom stereocenters. The van der Waals surface area contributed by atoms with Crippen LogP contribution in [0.3, 0.4) is 0 Å². The van der Waals surface area contributed by atoms with Crippen molar-refractivity contribution < 1.29 is 4.79 Å². The first-order valence-electron chi connectivity index (χ1n) is 6.27. The number of aromatic nitrogens is 6. The number of piperidine rings is 1. The number of nitrogens with zero attached hydrogens (tertiary/aromatic N) is 6. The minimum atomic E-state index is -0.201. The molecule has 1 aliphatic heterocycles. The molecule has 0 spiro atoms. The Morgan fingerprint density at radius 2 is 2.16 bits per heavy atom. The SMILES string of the molecule is Cn1nncc1C(=O)c1cn(C2CCNCC2)nn1. The third-order valence-corrected chi connectivity index (χ3v) is 3.37. The first-order valence-corrected chi connectivity index (χ1v) is 6.27. The van der Waals surface area contributed by atoms with Gasteiger partial charge >= 0.3 is 0 Å². The zero-order valence-corrected chi connectivity index (χ0v) is 10.7. The maximum Gasteiger partial charge on any atom is 0.234 e. The summed E-state index contributed by atoms with van der Waals surface area (Å²) in [5.41, 5.74) is 0.751. The van der Waals surface area contributed by atoms with E-state index in [1.54, 1.807) is 17.9 Å². The Morgan fingerprint density at radius 3 is 2.84 bits per heavy atom. The van der Waals surface area contributed by atoms with E-state index in [-0.39, 0.29) is 5.78 Å². The highest BCUT2D eigenvalue weighted by Gasteiger charge is 2.21. The third kappa shape index (κ3) is 2.26. The van der Waals surface area contributed by atoms with Crippen LogP contribution in [0.2, 0.25) is 0 Å². The van der Waals surface area contributed by atoms with Gasteiger partial charge in [0.1, 0.15) is 5.69 Å². The number of hydrogen-bond acceptors (Lipinski definition) is 6. The third-order valence-electron chi connectivity index (χ3n) is 3.37. The van der Waals surface area contributed by atoms with Crippen LogP contribution in [0, 0.1) is 0 Å². The molecule has 0 atom stereocenters. The minimum absolute atomic E-state index is 0.201. The van der Waals surface area contributed by atoms with Crippen LogP contribution in [-0.2, 0) is 7.05 Å². The van der Waals surface area contributed by atoms with E-state index in [4.69, 9.17) is 0 Å². The van der Waals surface area contributed by atoms with Gasteiger partial charge in [0.2, 0.25) is 5.78 Å². The van der Waals surface area contributed by atoms with Crippen LogP contribution in [-0.4, -0.2) is 48.9 Å². The summed E-state index contributed by atoms with van der Waals surface area (Å²) >= 11 is 0. The second-order valence-corrected chi connectivity index (χ2v) is 4.64. The Hall–Kier alpha value is -2.09. The van der Waals surface area contributed by atoms with Crippen molar-refractivity contribution in [2.75, 3.05) is 13.1 Å². The zero-order valence-electron chi connectivity index (χ0n) is 10.7. The molecular formula is C11H15N7O. The molecular weight excluding hydrogens is 246 g/mol. The Kier molecular flexibility index (Phi) is 3.08. The van der Waals surface area contributed by atoms with Crippen molar-refractivity contribution in [2.24, 2.45) is 7.05 Å². The van der Waals surface area contributed by atoms with Crippen molar-refractivity contribution in [3.05, 3.63) is 23.8 Å². The maximum absolute atomic E-state index is 12.2. The summed E-state index contributed by atoms with van der Waals surface area (Å²) in [4.78, 5) is 12.2. The summed E-state index contributed by atoms with van der Waals surface area (Å²) in [6, 6.07) is 0.319. The summed E-state index contributed by atoms with van der Waals surface area (Å²) in [5.74, 6) is -0.201. The van der Waals surface area contributed by atoms with Gasteiger partial charge in [0, 0.05) is 7.05 Å². The van der Waals surface area contributed by atoms with Crippen LogP contribution < -0.4 is 5.32 Å². The first kappa shape index (κ1) is 12.0. The van der Waals surface area contributed by atoms with Crippen molar-refractivity contribution in [3.63, 3.8) is 0 Å². The van der Waals surface area contributed by atoms with E-state index < -0.39 is 0 Å². The highest BCUT2D eigenvalue weighted by Crippen LogP contribution is 2.17. The fourth-order valence-electron chi connectivity index (χ4n) is 2.26. The normalized spacial score (nSPS) is 16.7. The average Bonchev–Trinajstić information content (AvgIpc) is 3.08. The van der Waals surface area contributed by atoms with Crippen LogP contribution in [0.4, 0.5) is 0 Å². The monoisotopic (exact) mass is 261 g/mol. The Morgan fingerprint density at radius 1 is 1.37 bits per heavy atom. The molecule has 0 aromatic carbocycles. The van der Waals surface area contributed by atoms with Crippen molar-refractivity contribution in [1.82, 2.24) is 35.3 Å². The molecule has 1 fully saturated rings. The molecule has 2 aromatic rings. The van der Waals surface area contributed by atoms with Gasteiger partial charge in [-0.3, -0.25) is 4.79 Å². The molecule has 100 valence electrons. The molecule has 2 aromatic heterocycles. The fraction of sp³-hybridized carbons (Fsp3) is 0.545. The number of rotatable bonds is 3. The number of carbonyl (C=O) groups excluding carboxylic acids is 1. The van der Waals surface area contributed by atoms with Crippen LogP contribution >= 0.6 is 0 Å². The van der Waals surface area contributed by atoms with Gasteiger partial charge in [0.05, 0.1) is 18.4 Å². The van der Waals surface area contributed by atoms with E-state index in [9.17, 15) is 4.79 Å². The fourth-order valence-corrected chi connectivity index (χ4v) is 2.26. The van der Waals surface area contributed by atoms with Gasteiger partial charge in [-0.25, -0.2) is 9.36 Å². The number of ketones is 1. The van der Waals surface area contributed by atoms with E-state index in [0.29, 0.717) is 17.4 Å². The highest BCUT2D eigenvalue weighted by atomic mass is 16.1. The molecule has 0 aliphatic carbocycles. The van der Waals surface area contributed by atoms with Gasteiger partial charge < -0.3 is 5.32 Å². The summed E-state index contributed by atoms with van der Waals surface area (Å²) < 4.78 is 3.23. The zero-order chi connectivity index (χ0) is 13.2. The van der Waals surface area contributed by atoms with E-state index in [1.165, 1.54) is 10.9 Å². The lowest BCUT2D eigenvalue weighted by Gasteiger charge is -2.22. The molecule has 19 heavy (non-hydrogen) atoms. The molecule has 1 saturated heterocycles. The quantitative estimate of drug-likeness (QED) is 0.753. The molecule has 0 amide bonds. The summed E-state index contributed by atoms with van der Waals surface area (Å²) in [6.07, 6.45) is 5.16. The molecule has 0 bridgehead atoms. The molecule has 0 saturated carbocycles. The smallest absolute Gasteiger partial charge is 0.234 e. The largest absolute Gasteiger partial charge is 0.317 e. The second kappa shape index (κ2) is 4.88. The molecule has 8 nitrogen and oxygen atoms in total. The lowest BCUT2D eigenvalue weighted by atomic mass is 10.1. The molecule has 8 heteroatoms. The second-order valence-electron chi connectivity index (χ2n) is 4.64. The predicted molar refractivity (Wildman–Crippen MR) is 65.6 cm³/mol. The van der Waals surface area contributed by atoms with Crippen molar-refractivity contribution in [2.45, 2.75) is 18.9 Å². The van der Waals surface area contributed by atoms with Gasteiger partial charge in [-0.2, -0.15) is 0 Å². The minimum Gasteiger partial charge on any atom is -0.317 e. The number of nitrogens with one attached hydrogen (secondary N) is 1. The molecule has 3 heterocycles. The Labute approximate surface area is 109 Å². The van der Waals surface area contributed by atoms with Crippen molar-refractivity contribution in [1.29, 1.82) is 0 Å². The average molecular weight is 261 g/mol. The van der Waals surface area contributed by atoms with Crippen LogP contribution in [0.15, 0.2) is 12.4 Å². The lowest BCUT2D eigenvalue weighted by Crippen LogP contribution is -2.29. The van der Waals surface area contributed by atoms with Gasteiger partial charge in [0.15, 0.2) is 5.69 Å². The van der Waals surface area contributed by atoms with Crippen LogP contribution in [0.1, 0.15) is 35.1 Å². The molecule has 1 N–H and O–H groups in total. The van der Waals surface area contributed by atoms with Crippen LogP contribution in [0.5, 0.6) is 0 Å². The number of carbonyl (C=O) groups is 1. The van der Waals surface area contributed by atoms with Gasteiger partial charge in [-0.05, 0) is 25.9 Å². The van der Waals surface area contributed by atoms with E-state index in [2.05, 4.69) is 25.9 Å². The van der Waals surface area contributed by atoms with Crippen molar-refractivity contribution >= 4 is 5.78 Å². The lowest BCUT2D eigenvalue weighted by molar-refractivity contribution is 0.102. The summed E-state index contributed by atoms with van der Waals surface area (Å²) in [6.45, 7) is 1.94. The maximum atomic E-state index is 12.2. The Balaban J connectivity index is 1.81. The molecule has 0 radical (unpaired) electrons. The van der Waals surface area contributed by atoms with Crippen LogP contribution in [0.25, 0.3) is 0 Å². The Bertz CT molecular complexity index is 581. The number of hydrogen-bond donors (Lipinski definition) is 1. The topological polar surface area (TPSA) is 90.5 Å². The number of aryl methyl sites for hydroxylation is 1. The highest BCUT2D eigenvalue weighted by molar-refractivity contribution is 6.06. The van der Waals surface area contributed by atoms with Gasteiger partial charge in [0.25, 0.3) is 0 Å². The molecule has 3 rings (SSSR count). The van der Waals surface area contributed by atoms with Gasteiger partial charge in [-0.15, -0.1) is 10.2 Å². The van der Waals surface area contributed by atoms with E-state index in [1.807, 2.05) is 0 Å². The summed E-state index contributed by atoms with van der Waals surface area (Å²) in [7, 11) is 1.68. The van der Waals surface area contributed by atoms with E-state index >= 15 is 0 Å². The predicted octanol–water partition coefficient (Wildman–Crippen LogP) is -0.438. The standard InChI is InChI=1S/C11H15N7O/c1-17-10(6-13-15-17)11(19)9-7-18(16-14-9)8-2-4-12-5-3-8/h6-8,12H,2-5H2,1H3. The van der Waals surface area contributed by atoms with Crippen molar-refractivity contribution in [3.8, 4) is 0 Å². The van der Waals surface area contributed by atoms with Gasteiger partial charge in [-0.1, -0.05) is 10.4 Å².